The molecule has 0 saturated carbocycles. The van der Waals surface area contributed by atoms with Crippen LogP contribution in [0.2, 0.25) is 0 Å². The number of aryl methyl sites for hydroxylation is 1. The van der Waals surface area contributed by atoms with Crippen molar-refractivity contribution < 1.29 is 0 Å². The number of hydrogen-bond acceptors (Lipinski definition) is 1. The van der Waals surface area contributed by atoms with Gasteiger partial charge >= 0.3 is 0 Å². The maximum atomic E-state index is 4.42. The van der Waals surface area contributed by atoms with Crippen LogP contribution in [0.1, 0.15) is 38.4 Å². The fraction of sp³-hybridized carbons (Fsp3) is 0.700. The molecule has 2 heterocycles. The van der Waals surface area contributed by atoms with E-state index in [2.05, 4.69) is 29.6 Å². The molecule has 2 rings (SSSR count). The summed E-state index contributed by atoms with van der Waals surface area (Å²) in [5.41, 5.74) is 0. The number of nitrogens with zero attached hydrogens (tertiary/aromatic N) is 2. The van der Waals surface area contributed by atoms with Gasteiger partial charge in [0.2, 0.25) is 0 Å². The first-order valence-corrected chi connectivity index (χ1v) is 4.80. The summed E-state index contributed by atoms with van der Waals surface area (Å²) < 4.78 is 2.30. The summed E-state index contributed by atoms with van der Waals surface area (Å²) in [5.74, 6) is 2.72. The zero-order chi connectivity index (χ0) is 8.55. The standard InChI is InChI=1S/C10H16N2/c1-8(2)9-4-3-6-12-7-5-11-10(9)12/h5,7-9H,3-4,6H2,1-2H3/t9-/m1/s1. The van der Waals surface area contributed by atoms with Gasteiger partial charge in [0.15, 0.2) is 0 Å². The lowest BCUT2D eigenvalue weighted by atomic mass is 9.88. The van der Waals surface area contributed by atoms with Gasteiger partial charge < -0.3 is 4.57 Å². The summed E-state index contributed by atoms with van der Waals surface area (Å²) in [5, 5.41) is 0. The molecule has 66 valence electrons. The summed E-state index contributed by atoms with van der Waals surface area (Å²) in [6.45, 7) is 5.74. The topological polar surface area (TPSA) is 17.8 Å². The van der Waals surface area contributed by atoms with Gasteiger partial charge in [-0.3, -0.25) is 0 Å². The largest absolute Gasteiger partial charge is 0.335 e. The van der Waals surface area contributed by atoms with Gasteiger partial charge in [-0.15, -0.1) is 0 Å². The number of fused-ring (bicyclic) bond motifs is 1. The van der Waals surface area contributed by atoms with Crippen LogP contribution in [-0.2, 0) is 6.54 Å². The summed E-state index contributed by atoms with van der Waals surface area (Å²) in [4.78, 5) is 4.42. The van der Waals surface area contributed by atoms with E-state index in [0.29, 0.717) is 5.92 Å². The van der Waals surface area contributed by atoms with Crippen LogP contribution in [0.15, 0.2) is 12.4 Å². The monoisotopic (exact) mass is 164 g/mol. The van der Waals surface area contributed by atoms with Crippen molar-refractivity contribution in [2.24, 2.45) is 5.92 Å². The molecule has 0 radical (unpaired) electrons. The van der Waals surface area contributed by atoms with Crippen molar-refractivity contribution in [1.82, 2.24) is 9.55 Å². The number of imidazole rings is 1. The first kappa shape index (κ1) is 7.84. The Kier molecular flexibility index (Phi) is 1.91. The van der Waals surface area contributed by atoms with E-state index in [9.17, 15) is 0 Å². The van der Waals surface area contributed by atoms with Crippen molar-refractivity contribution in [2.75, 3.05) is 0 Å². The second-order valence-electron chi connectivity index (χ2n) is 3.97. The molecule has 0 fully saturated rings. The second-order valence-corrected chi connectivity index (χ2v) is 3.97. The predicted octanol–water partition coefficient (Wildman–Crippen LogP) is 2.42. The van der Waals surface area contributed by atoms with Gasteiger partial charge in [0.1, 0.15) is 5.82 Å². The molecule has 0 bridgehead atoms. The van der Waals surface area contributed by atoms with Gasteiger partial charge in [-0.25, -0.2) is 4.98 Å². The molecule has 0 aliphatic carbocycles. The third-order valence-corrected chi connectivity index (χ3v) is 2.80. The third kappa shape index (κ3) is 1.15. The van der Waals surface area contributed by atoms with Gasteiger partial charge in [-0.05, 0) is 18.8 Å². The molecule has 0 spiro atoms. The van der Waals surface area contributed by atoms with Gasteiger partial charge in [-0.2, -0.15) is 0 Å². The Hall–Kier alpha value is -0.790. The number of hydrogen-bond donors (Lipinski definition) is 0. The normalized spacial score (nSPS) is 22.8. The minimum Gasteiger partial charge on any atom is -0.335 e. The van der Waals surface area contributed by atoms with E-state index >= 15 is 0 Å². The Morgan fingerprint density at radius 2 is 2.42 bits per heavy atom. The van der Waals surface area contributed by atoms with Crippen LogP contribution in [0.4, 0.5) is 0 Å². The highest BCUT2D eigenvalue weighted by Gasteiger charge is 2.23. The zero-order valence-corrected chi connectivity index (χ0v) is 7.83. The lowest BCUT2D eigenvalue weighted by molar-refractivity contribution is 0.368. The molecular weight excluding hydrogens is 148 g/mol. The highest BCUT2D eigenvalue weighted by atomic mass is 15.1. The molecule has 0 saturated heterocycles. The SMILES string of the molecule is CC(C)[C@H]1CCCn2ccnc21. The number of aromatic nitrogens is 2. The maximum absolute atomic E-state index is 4.42. The van der Waals surface area contributed by atoms with E-state index in [1.807, 2.05) is 6.20 Å². The van der Waals surface area contributed by atoms with Crippen molar-refractivity contribution in [1.29, 1.82) is 0 Å². The summed E-state index contributed by atoms with van der Waals surface area (Å²) >= 11 is 0. The molecule has 1 atom stereocenters. The predicted molar refractivity (Wildman–Crippen MR) is 49.0 cm³/mol. The maximum Gasteiger partial charge on any atom is 0.112 e. The Labute approximate surface area is 73.6 Å². The molecule has 1 aliphatic rings. The smallest absolute Gasteiger partial charge is 0.112 e. The van der Waals surface area contributed by atoms with Crippen LogP contribution in [0, 0.1) is 5.92 Å². The van der Waals surface area contributed by atoms with E-state index < -0.39 is 0 Å². The fourth-order valence-corrected chi connectivity index (χ4v) is 2.08. The van der Waals surface area contributed by atoms with Crippen LogP contribution < -0.4 is 0 Å². The lowest BCUT2D eigenvalue weighted by Gasteiger charge is -2.26. The van der Waals surface area contributed by atoms with E-state index in [1.165, 1.54) is 25.2 Å². The lowest BCUT2D eigenvalue weighted by Crippen LogP contribution is -2.19. The Balaban J connectivity index is 2.31. The van der Waals surface area contributed by atoms with Crippen molar-refractivity contribution in [3.63, 3.8) is 0 Å². The number of rotatable bonds is 1. The molecule has 12 heavy (non-hydrogen) atoms. The molecule has 1 aromatic rings. The van der Waals surface area contributed by atoms with Crippen LogP contribution in [0.25, 0.3) is 0 Å². The van der Waals surface area contributed by atoms with Gasteiger partial charge in [-0.1, -0.05) is 13.8 Å². The van der Waals surface area contributed by atoms with Crippen molar-refractivity contribution in [2.45, 2.75) is 39.2 Å². The fourth-order valence-electron chi connectivity index (χ4n) is 2.08. The average Bonchev–Trinajstić information content (AvgIpc) is 2.49. The first-order chi connectivity index (χ1) is 5.79. The highest BCUT2D eigenvalue weighted by Crippen LogP contribution is 2.31. The van der Waals surface area contributed by atoms with E-state index in [1.54, 1.807) is 0 Å². The summed E-state index contributed by atoms with van der Waals surface area (Å²) in [6.07, 6.45) is 6.65. The van der Waals surface area contributed by atoms with Crippen LogP contribution in [-0.4, -0.2) is 9.55 Å². The summed E-state index contributed by atoms with van der Waals surface area (Å²) in [6, 6.07) is 0. The molecule has 0 amide bonds. The molecule has 0 aromatic carbocycles. The van der Waals surface area contributed by atoms with E-state index in [0.717, 1.165) is 5.92 Å². The van der Waals surface area contributed by atoms with Crippen molar-refractivity contribution >= 4 is 0 Å². The summed E-state index contributed by atoms with van der Waals surface area (Å²) in [7, 11) is 0. The van der Waals surface area contributed by atoms with E-state index in [-0.39, 0.29) is 0 Å². The van der Waals surface area contributed by atoms with Crippen molar-refractivity contribution in [3.05, 3.63) is 18.2 Å². The molecule has 1 aliphatic heterocycles. The third-order valence-electron chi connectivity index (χ3n) is 2.80. The molecule has 0 unspecified atom stereocenters. The zero-order valence-electron chi connectivity index (χ0n) is 7.83. The van der Waals surface area contributed by atoms with Gasteiger partial charge in [0.25, 0.3) is 0 Å². The molecule has 2 nitrogen and oxygen atoms in total. The quantitative estimate of drug-likeness (QED) is 0.623. The second kappa shape index (κ2) is 2.92. The molecule has 0 N–H and O–H groups in total. The first-order valence-electron chi connectivity index (χ1n) is 4.80. The Bertz CT molecular complexity index is 263. The van der Waals surface area contributed by atoms with Gasteiger partial charge in [0, 0.05) is 24.9 Å². The van der Waals surface area contributed by atoms with Crippen LogP contribution in [0.5, 0.6) is 0 Å². The molecular formula is C10H16N2. The molecule has 1 aromatic heterocycles. The molecule has 2 heteroatoms. The van der Waals surface area contributed by atoms with Crippen LogP contribution in [0.3, 0.4) is 0 Å². The Morgan fingerprint density at radius 1 is 1.58 bits per heavy atom. The van der Waals surface area contributed by atoms with Gasteiger partial charge in [0.05, 0.1) is 0 Å². The highest BCUT2D eigenvalue weighted by molar-refractivity contribution is 5.04. The average molecular weight is 164 g/mol. The van der Waals surface area contributed by atoms with Crippen molar-refractivity contribution in [3.8, 4) is 0 Å². The van der Waals surface area contributed by atoms with E-state index in [4.69, 9.17) is 0 Å². The Morgan fingerprint density at radius 3 is 3.17 bits per heavy atom. The minimum atomic E-state index is 0.689. The van der Waals surface area contributed by atoms with Crippen LogP contribution >= 0.6 is 0 Å². The minimum absolute atomic E-state index is 0.689.